The summed E-state index contributed by atoms with van der Waals surface area (Å²) in [7, 11) is 1.80. The molecule has 3 rings (SSSR count). The number of aryl methyl sites for hydroxylation is 2. The predicted molar refractivity (Wildman–Crippen MR) is 79.1 cm³/mol. The van der Waals surface area contributed by atoms with Gasteiger partial charge in [0, 0.05) is 26.3 Å². The van der Waals surface area contributed by atoms with E-state index in [0.717, 1.165) is 5.69 Å². The van der Waals surface area contributed by atoms with E-state index in [-0.39, 0.29) is 18.3 Å². The van der Waals surface area contributed by atoms with Crippen molar-refractivity contribution in [1.82, 2.24) is 19.7 Å². The van der Waals surface area contributed by atoms with E-state index in [1.165, 1.54) is 6.33 Å². The van der Waals surface area contributed by atoms with Crippen molar-refractivity contribution in [3.05, 3.63) is 30.2 Å². The minimum atomic E-state index is -0.437. The van der Waals surface area contributed by atoms with E-state index in [1.807, 2.05) is 6.92 Å². The molecule has 0 spiro atoms. The van der Waals surface area contributed by atoms with E-state index in [1.54, 1.807) is 33.9 Å². The molecule has 0 bridgehead atoms. The Kier molecular flexibility index (Phi) is 3.74. The van der Waals surface area contributed by atoms with E-state index < -0.39 is 5.82 Å². The molecule has 116 valence electrons. The summed E-state index contributed by atoms with van der Waals surface area (Å²) in [5, 5.41) is 4.07. The molecule has 22 heavy (non-hydrogen) atoms. The topological polar surface area (TPSA) is 67.2 Å². The number of anilines is 2. The second-order valence-corrected chi connectivity index (χ2v) is 5.15. The maximum Gasteiger partial charge on any atom is 0.246 e. The number of carbonyl (C=O) groups is 1. The Morgan fingerprint density at radius 1 is 1.32 bits per heavy atom. The molecule has 0 aromatic carbocycles. The average Bonchev–Trinajstić information content (AvgIpc) is 2.93. The summed E-state index contributed by atoms with van der Waals surface area (Å²) in [5.74, 6) is -0.339. The SMILES string of the molecule is CCc1ncnc(N2CCN(c3cnn(C)c3)C(=O)C2)c1F. The molecule has 2 aromatic heterocycles. The lowest BCUT2D eigenvalue weighted by Crippen LogP contribution is -2.51. The van der Waals surface area contributed by atoms with Crippen molar-refractivity contribution in [3.8, 4) is 0 Å². The molecule has 0 saturated carbocycles. The molecule has 0 aliphatic carbocycles. The first-order valence-electron chi connectivity index (χ1n) is 7.13. The first-order chi connectivity index (χ1) is 10.6. The minimum absolute atomic E-state index is 0.0893. The van der Waals surface area contributed by atoms with E-state index in [2.05, 4.69) is 15.1 Å². The van der Waals surface area contributed by atoms with Crippen LogP contribution in [0.2, 0.25) is 0 Å². The van der Waals surface area contributed by atoms with Crippen LogP contribution >= 0.6 is 0 Å². The number of nitrogens with zero attached hydrogens (tertiary/aromatic N) is 6. The molecule has 1 aliphatic rings. The van der Waals surface area contributed by atoms with Gasteiger partial charge in [0.1, 0.15) is 6.33 Å². The third-order valence-corrected chi connectivity index (χ3v) is 3.70. The highest BCUT2D eigenvalue weighted by atomic mass is 19.1. The Balaban J connectivity index is 1.79. The highest BCUT2D eigenvalue weighted by Crippen LogP contribution is 2.22. The Bertz CT molecular complexity index is 700. The van der Waals surface area contributed by atoms with Gasteiger partial charge in [0.2, 0.25) is 5.91 Å². The average molecular weight is 304 g/mol. The van der Waals surface area contributed by atoms with Crippen LogP contribution in [0.3, 0.4) is 0 Å². The molecule has 7 nitrogen and oxygen atoms in total. The number of halogens is 1. The molecule has 8 heteroatoms. The minimum Gasteiger partial charge on any atom is -0.343 e. The van der Waals surface area contributed by atoms with E-state index in [9.17, 15) is 9.18 Å². The zero-order valence-corrected chi connectivity index (χ0v) is 12.5. The summed E-state index contributed by atoms with van der Waals surface area (Å²) in [5.41, 5.74) is 1.12. The van der Waals surface area contributed by atoms with Crippen LogP contribution < -0.4 is 9.80 Å². The summed E-state index contributed by atoms with van der Waals surface area (Å²) < 4.78 is 15.9. The van der Waals surface area contributed by atoms with Gasteiger partial charge in [-0.15, -0.1) is 0 Å². The summed E-state index contributed by atoms with van der Waals surface area (Å²) in [6.07, 6.45) is 5.27. The van der Waals surface area contributed by atoms with Gasteiger partial charge in [-0.3, -0.25) is 9.48 Å². The highest BCUT2D eigenvalue weighted by Gasteiger charge is 2.28. The van der Waals surface area contributed by atoms with Gasteiger partial charge in [-0.05, 0) is 6.42 Å². The molecular formula is C14H17FN6O. The van der Waals surface area contributed by atoms with Gasteiger partial charge in [0.15, 0.2) is 11.6 Å². The molecule has 1 saturated heterocycles. The number of hydrogen-bond acceptors (Lipinski definition) is 5. The fraction of sp³-hybridized carbons (Fsp3) is 0.429. The van der Waals surface area contributed by atoms with Crippen LogP contribution in [0.1, 0.15) is 12.6 Å². The summed E-state index contributed by atoms with van der Waals surface area (Å²) in [4.78, 5) is 23.6. The molecule has 1 aliphatic heterocycles. The zero-order valence-electron chi connectivity index (χ0n) is 12.5. The van der Waals surface area contributed by atoms with Crippen LogP contribution in [-0.2, 0) is 18.3 Å². The van der Waals surface area contributed by atoms with Gasteiger partial charge in [-0.2, -0.15) is 5.10 Å². The van der Waals surface area contributed by atoms with Crippen molar-refractivity contribution < 1.29 is 9.18 Å². The van der Waals surface area contributed by atoms with Crippen molar-refractivity contribution in [2.75, 3.05) is 29.4 Å². The highest BCUT2D eigenvalue weighted by molar-refractivity contribution is 5.97. The van der Waals surface area contributed by atoms with Crippen LogP contribution in [-0.4, -0.2) is 45.3 Å². The fourth-order valence-electron chi connectivity index (χ4n) is 2.54. The van der Waals surface area contributed by atoms with Crippen LogP contribution in [0.5, 0.6) is 0 Å². The van der Waals surface area contributed by atoms with Gasteiger partial charge in [0.25, 0.3) is 0 Å². The number of hydrogen-bond donors (Lipinski definition) is 0. The molecule has 0 unspecified atom stereocenters. The molecule has 0 atom stereocenters. The van der Waals surface area contributed by atoms with Crippen molar-refractivity contribution in [2.24, 2.45) is 7.05 Å². The fourth-order valence-corrected chi connectivity index (χ4v) is 2.54. The second kappa shape index (κ2) is 5.70. The van der Waals surface area contributed by atoms with Gasteiger partial charge in [-0.1, -0.05) is 6.92 Å². The van der Waals surface area contributed by atoms with Crippen LogP contribution in [0.15, 0.2) is 18.7 Å². The largest absolute Gasteiger partial charge is 0.343 e. The van der Waals surface area contributed by atoms with Crippen LogP contribution in [0.25, 0.3) is 0 Å². The molecule has 1 fully saturated rings. The van der Waals surface area contributed by atoms with E-state index in [4.69, 9.17) is 0 Å². The maximum absolute atomic E-state index is 14.3. The number of carbonyl (C=O) groups excluding carboxylic acids is 1. The Morgan fingerprint density at radius 3 is 2.77 bits per heavy atom. The number of aromatic nitrogens is 4. The van der Waals surface area contributed by atoms with Gasteiger partial charge in [0.05, 0.1) is 24.1 Å². The zero-order chi connectivity index (χ0) is 15.7. The number of amides is 1. The molecular weight excluding hydrogens is 287 g/mol. The lowest BCUT2D eigenvalue weighted by molar-refractivity contribution is -0.117. The van der Waals surface area contributed by atoms with E-state index >= 15 is 0 Å². The standard InChI is InChI=1S/C14H17FN6O/c1-3-11-13(15)14(17-9-16-11)20-4-5-21(12(22)8-20)10-6-18-19(2)7-10/h6-7,9H,3-5,8H2,1-2H3. The molecule has 1 amide bonds. The molecule has 0 radical (unpaired) electrons. The lowest BCUT2D eigenvalue weighted by atomic mass is 10.2. The molecule has 3 heterocycles. The van der Waals surface area contributed by atoms with Crippen LogP contribution in [0.4, 0.5) is 15.9 Å². The second-order valence-electron chi connectivity index (χ2n) is 5.15. The lowest BCUT2D eigenvalue weighted by Gasteiger charge is -2.34. The van der Waals surface area contributed by atoms with Crippen molar-refractivity contribution in [2.45, 2.75) is 13.3 Å². The Hall–Kier alpha value is -2.51. The number of piperazine rings is 1. The smallest absolute Gasteiger partial charge is 0.246 e. The Labute approximate surface area is 127 Å². The Morgan fingerprint density at radius 2 is 2.14 bits per heavy atom. The van der Waals surface area contributed by atoms with Crippen molar-refractivity contribution >= 4 is 17.4 Å². The normalized spacial score (nSPS) is 15.5. The third kappa shape index (κ3) is 2.51. The van der Waals surface area contributed by atoms with Gasteiger partial charge < -0.3 is 9.80 Å². The van der Waals surface area contributed by atoms with Gasteiger partial charge in [-0.25, -0.2) is 14.4 Å². The monoisotopic (exact) mass is 304 g/mol. The van der Waals surface area contributed by atoms with E-state index in [0.29, 0.717) is 25.2 Å². The maximum atomic E-state index is 14.3. The first kappa shape index (κ1) is 14.4. The van der Waals surface area contributed by atoms with Gasteiger partial charge >= 0.3 is 0 Å². The molecule has 2 aromatic rings. The summed E-state index contributed by atoms with van der Waals surface area (Å²) >= 11 is 0. The first-order valence-corrected chi connectivity index (χ1v) is 7.13. The quantitative estimate of drug-likeness (QED) is 0.838. The summed E-state index contributed by atoms with van der Waals surface area (Å²) in [6.45, 7) is 2.90. The summed E-state index contributed by atoms with van der Waals surface area (Å²) in [6, 6.07) is 0. The van der Waals surface area contributed by atoms with Crippen molar-refractivity contribution in [3.63, 3.8) is 0 Å². The van der Waals surface area contributed by atoms with Crippen LogP contribution in [0, 0.1) is 5.82 Å². The molecule has 0 N–H and O–H groups in total. The predicted octanol–water partition coefficient (Wildman–Crippen LogP) is 0.765. The number of rotatable bonds is 3. The van der Waals surface area contributed by atoms with Crippen molar-refractivity contribution in [1.29, 1.82) is 0 Å². The third-order valence-electron chi connectivity index (χ3n) is 3.70.